The van der Waals surface area contributed by atoms with Gasteiger partial charge in [-0.25, -0.2) is 0 Å². The summed E-state index contributed by atoms with van der Waals surface area (Å²) in [6, 6.07) is 3.99. The summed E-state index contributed by atoms with van der Waals surface area (Å²) in [5.74, 6) is 0. The van der Waals surface area contributed by atoms with Gasteiger partial charge in [0.1, 0.15) is 0 Å². The van der Waals surface area contributed by atoms with Crippen LogP contribution in [0.1, 0.15) is 16.7 Å². The summed E-state index contributed by atoms with van der Waals surface area (Å²) in [4.78, 5) is 0. The molecule has 0 nitrogen and oxygen atoms in total. The van der Waals surface area contributed by atoms with Gasteiger partial charge >= 0.3 is 18.5 Å². The minimum absolute atomic E-state index is 0.317. The first-order chi connectivity index (χ1) is 10.8. The smallest absolute Gasteiger partial charge is 0.166 e. The average Bonchev–Trinajstić information content (AvgIpc) is 2.43. The molecule has 0 bridgehead atoms. The highest BCUT2D eigenvalue weighted by molar-refractivity contribution is 5.75. The van der Waals surface area contributed by atoms with Gasteiger partial charge in [-0.05, 0) is 23.8 Å². The maximum absolute atomic E-state index is 13.1. The molecule has 2 aromatic carbocycles. The van der Waals surface area contributed by atoms with Crippen molar-refractivity contribution in [1.29, 1.82) is 0 Å². The number of rotatable bonds is 1. The third-order valence-electron chi connectivity index (χ3n) is 3.18. The van der Waals surface area contributed by atoms with Crippen molar-refractivity contribution in [3.05, 3.63) is 59.2 Å². The van der Waals surface area contributed by atoms with Crippen LogP contribution in [-0.2, 0) is 18.5 Å². The van der Waals surface area contributed by atoms with Crippen LogP contribution in [-0.4, -0.2) is 0 Å². The van der Waals surface area contributed by atoms with Crippen LogP contribution in [0.4, 0.5) is 39.5 Å². The fourth-order valence-corrected chi connectivity index (χ4v) is 2.26. The molecule has 0 radical (unpaired) electrons. The van der Waals surface area contributed by atoms with Crippen LogP contribution in [0, 0.1) is 0 Å². The molecule has 130 valence electrons. The topological polar surface area (TPSA) is 0 Å². The first kappa shape index (κ1) is 18.2. The van der Waals surface area contributed by atoms with Crippen LogP contribution in [0.25, 0.3) is 11.1 Å². The largest absolute Gasteiger partial charge is 0.417 e. The summed E-state index contributed by atoms with van der Waals surface area (Å²) in [7, 11) is 0. The second-order valence-electron chi connectivity index (χ2n) is 4.77. The van der Waals surface area contributed by atoms with E-state index in [1.54, 1.807) is 0 Å². The summed E-state index contributed by atoms with van der Waals surface area (Å²) in [6.07, 6.45) is -15.6. The third-order valence-corrected chi connectivity index (χ3v) is 3.18. The minimum atomic E-state index is -5.25. The Morgan fingerprint density at radius 3 is 1.25 bits per heavy atom. The van der Waals surface area contributed by atoms with Crippen molar-refractivity contribution >= 4 is 0 Å². The molecule has 0 aliphatic heterocycles. The normalized spacial score (nSPS) is 13.2. The van der Waals surface area contributed by atoms with Gasteiger partial charge in [0.2, 0.25) is 0 Å². The van der Waals surface area contributed by atoms with Crippen molar-refractivity contribution in [3.63, 3.8) is 0 Å². The standard InChI is InChI=1S/C15H7F9/c16-13(17,18)9-5-2-1-4-8(9)12-10(14(19,20)21)6-3-7-11(12)15(22,23)24/h1-7H. The SMILES string of the molecule is FC(F)(F)c1ccccc1-c1c(C(F)(F)F)cccc1C(F)(F)F. The summed E-state index contributed by atoms with van der Waals surface area (Å²) >= 11 is 0. The molecule has 0 heterocycles. The van der Waals surface area contributed by atoms with Crippen molar-refractivity contribution < 1.29 is 39.5 Å². The molecule has 0 aliphatic carbocycles. The van der Waals surface area contributed by atoms with E-state index < -0.39 is 46.3 Å². The zero-order valence-corrected chi connectivity index (χ0v) is 11.4. The van der Waals surface area contributed by atoms with Crippen LogP contribution < -0.4 is 0 Å². The molecule has 0 N–H and O–H groups in total. The van der Waals surface area contributed by atoms with Crippen molar-refractivity contribution in [1.82, 2.24) is 0 Å². The first-order valence-corrected chi connectivity index (χ1v) is 6.27. The highest BCUT2D eigenvalue weighted by Crippen LogP contribution is 2.47. The van der Waals surface area contributed by atoms with Gasteiger partial charge in [-0.1, -0.05) is 24.3 Å². The molecule has 2 aromatic rings. The monoisotopic (exact) mass is 358 g/mol. The highest BCUT2D eigenvalue weighted by Gasteiger charge is 2.43. The summed E-state index contributed by atoms with van der Waals surface area (Å²) in [5.41, 5.74) is -7.86. The molecule has 0 atom stereocenters. The van der Waals surface area contributed by atoms with E-state index in [2.05, 4.69) is 0 Å². The van der Waals surface area contributed by atoms with Crippen LogP contribution >= 0.6 is 0 Å². The van der Waals surface area contributed by atoms with Crippen molar-refractivity contribution in [3.8, 4) is 11.1 Å². The lowest BCUT2D eigenvalue weighted by atomic mass is 9.90. The number of benzene rings is 2. The van der Waals surface area contributed by atoms with Gasteiger partial charge in [0.25, 0.3) is 0 Å². The lowest BCUT2D eigenvalue weighted by molar-refractivity contribution is -0.143. The molecular weight excluding hydrogens is 351 g/mol. The van der Waals surface area contributed by atoms with Gasteiger partial charge in [0.15, 0.2) is 0 Å². The molecule has 0 spiro atoms. The van der Waals surface area contributed by atoms with E-state index in [0.717, 1.165) is 12.1 Å². The fourth-order valence-electron chi connectivity index (χ4n) is 2.26. The minimum Gasteiger partial charge on any atom is -0.166 e. The van der Waals surface area contributed by atoms with Gasteiger partial charge < -0.3 is 0 Å². The zero-order valence-electron chi connectivity index (χ0n) is 11.4. The predicted octanol–water partition coefficient (Wildman–Crippen LogP) is 6.41. The maximum atomic E-state index is 13.1. The van der Waals surface area contributed by atoms with Crippen LogP contribution in [0.2, 0.25) is 0 Å². The number of hydrogen-bond acceptors (Lipinski definition) is 0. The Balaban J connectivity index is 2.94. The van der Waals surface area contributed by atoms with E-state index in [0.29, 0.717) is 30.3 Å². The number of alkyl halides is 9. The van der Waals surface area contributed by atoms with Gasteiger partial charge in [0.05, 0.1) is 16.7 Å². The molecule has 24 heavy (non-hydrogen) atoms. The fraction of sp³-hybridized carbons (Fsp3) is 0.200. The van der Waals surface area contributed by atoms with Gasteiger partial charge in [0, 0.05) is 5.56 Å². The molecule has 0 aliphatic rings. The van der Waals surface area contributed by atoms with E-state index in [-0.39, 0.29) is 0 Å². The average molecular weight is 358 g/mol. The van der Waals surface area contributed by atoms with E-state index in [1.807, 2.05) is 0 Å². The molecule has 0 fully saturated rings. The van der Waals surface area contributed by atoms with Gasteiger partial charge in [-0.2, -0.15) is 39.5 Å². The quantitative estimate of drug-likeness (QED) is 0.517. The van der Waals surface area contributed by atoms with Crippen molar-refractivity contribution in [2.24, 2.45) is 0 Å². The molecular formula is C15H7F9. The summed E-state index contributed by atoms with van der Waals surface area (Å²) in [6.45, 7) is 0. The molecule has 9 heteroatoms. The zero-order chi connectivity index (χ0) is 18.3. The van der Waals surface area contributed by atoms with Gasteiger partial charge in [-0.3, -0.25) is 0 Å². The molecule has 0 saturated heterocycles. The van der Waals surface area contributed by atoms with Crippen LogP contribution in [0.3, 0.4) is 0 Å². The Labute approximate surface area is 129 Å². The van der Waals surface area contributed by atoms with Crippen LogP contribution in [0.5, 0.6) is 0 Å². The van der Waals surface area contributed by atoms with Crippen molar-refractivity contribution in [2.45, 2.75) is 18.5 Å². The maximum Gasteiger partial charge on any atom is 0.417 e. The van der Waals surface area contributed by atoms with E-state index in [1.165, 1.54) is 0 Å². The third kappa shape index (κ3) is 3.49. The molecule has 2 rings (SSSR count). The highest BCUT2D eigenvalue weighted by atomic mass is 19.4. The Morgan fingerprint density at radius 2 is 0.833 bits per heavy atom. The summed E-state index contributed by atoms with van der Waals surface area (Å²) in [5, 5.41) is 0. The van der Waals surface area contributed by atoms with E-state index in [4.69, 9.17) is 0 Å². The van der Waals surface area contributed by atoms with Crippen LogP contribution in [0.15, 0.2) is 42.5 Å². The Morgan fingerprint density at radius 1 is 0.458 bits per heavy atom. The Kier molecular flexibility index (Phi) is 4.32. The second-order valence-corrected chi connectivity index (χ2v) is 4.77. The summed E-state index contributed by atoms with van der Waals surface area (Å²) < 4.78 is 118. The van der Waals surface area contributed by atoms with Gasteiger partial charge in [-0.15, -0.1) is 0 Å². The van der Waals surface area contributed by atoms with E-state index in [9.17, 15) is 39.5 Å². The molecule has 0 saturated carbocycles. The lowest BCUT2D eigenvalue weighted by Crippen LogP contribution is -2.16. The Hall–Kier alpha value is -2.19. The predicted molar refractivity (Wildman–Crippen MR) is 66.9 cm³/mol. The lowest BCUT2D eigenvalue weighted by Gasteiger charge is -2.21. The Bertz CT molecular complexity index is 704. The first-order valence-electron chi connectivity index (χ1n) is 6.27. The molecule has 0 amide bonds. The number of halogens is 9. The number of hydrogen-bond donors (Lipinski definition) is 0. The van der Waals surface area contributed by atoms with E-state index >= 15 is 0 Å². The molecule has 0 unspecified atom stereocenters. The second kappa shape index (κ2) is 5.71. The van der Waals surface area contributed by atoms with Crippen molar-refractivity contribution in [2.75, 3.05) is 0 Å². The molecule has 0 aromatic heterocycles.